The third kappa shape index (κ3) is 1.98. The van der Waals surface area contributed by atoms with Crippen LogP contribution in [0.2, 0.25) is 0 Å². The van der Waals surface area contributed by atoms with Crippen LogP contribution in [-0.4, -0.2) is 16.2 Å². The Morgan fingerprint density at radius 1 is 1.31 bits per heavy atom. The number of aryl methyl sites for hydroxylation is 1. The largest absolute Gasteiger partial charge is 0.340 e. The predicted octanol–water partition coefficient (Wildman–Crippen LogP) is 2.39. The van der Waals surface area contributed by atoms with Crippen LogP contribution < -0.4 is 5.32 Å². The summed E-state index contributed by atoms with van der Waals surface area (Å²) in [6.45, 7) is 8.52. The van der Waals surface area contributed by atoms with Crippen LogP contribution in [0.1, 0.15) is 51.7 Å². The normalized spacial score (nSPS) is 20.8. The molecule has 0 amide bonds. The van der Waals surface area contributed by atoms with Crippen molar-refractivity contribution in [3.8, 4) is 0 Å². The van der Waals surface area contributed by atoms with Crippen LogP contribution in [0.3, 0.4) is 0 Å². The summed E-state index contributed by atoms with van der Waals surface area (Å²) in [5, 5.41) is 7.75. The lowest BCUT2D eigenvalue weighted by molar-refractivity contribution is 0.138. The van der Waals surface area contributed by atoms with Gasteiger partial charge in [-0.05, 0) is 32.1 Å². The second-order valence-corrected chi connectivity index (χ2v) is 5.25. The Hall–Kier alpha value is -0.900. The molecule has 0 radical (unpaired) electrons. The van der Waals surface area contributed by atoms with Gasteiger partial charge in [0.25, 0.3) is 0 Å². The average molecular weight is 223 g/mol. The molecule has 1 unspecified atom stereocenters. The summed E-state index contributed by atoms with van der Waals surface area (Å²) in [5.74, 6) is 2.11. The quantitative estimate of drug-likeness (QED) is 0.851. The van der Waals surface area contributed by atoms with E-state index in [9.17, 15) is 0 Å². The van der Waals surface area contributed by atoms with Crippen LogP contribution >= 0.6 is 0 Å². The fourth-order valence-corrected chi connectivity index (χ4v) is 2.06. The van der Waals surface area contributed by atoms with Gasteiger partial charge in [0.05, 0.1) is 5.54 Å². The minimum absolute atomic E-state index is 0.0263. The minimum atomic E-state index is -0.0263. The van der Waals surface area contributed by atoms with Gasteiger partial charge < -0.3 is 9.84 Å². The molecule has 1 heterocycles. The van der Waals surface area contributed by atoms with Gasteiger partial charge in [-0.3, -0.25) is 0 Å². The average Bonchev–Trinajstić information content (AvgIpc) is 2.58. The van der Waals surface area contributed by atoms with E-state index in [4.69, 9.17) is 4.52 Å². The third-order valence-corrected chi connectivity index (χ3v) is 3.67. The fraction of sp³-hybridized carbons (Fsp3) is 0.833. The lowest BCUT2D eigenvalue weighted by Crippen LogP contribution is -2.53. The first-order chi connectivity index (χ1) is 7.53. The molecule has 0 aliphatic heterocycles. The van der Waals surface area contributed by atoms with Gasteiger partial charge in [0.1, 0.15) is 0 Å². The summed E-state index contributed by atoms with van der Waals surface area (Å²) in [6.07, 6.45) is 3.47. The molecule has 90 valence electrons. The number of hydrogen-bond acceptors (Lipinski definition) is 4. The van der Waals surface area contributed by atoms with Crippen molar-refractivity contribution in [1.82, 2.24) is 15.5 Å². The minimum Gasteiger partial charge on any atom is -0.340 e. The first kappa shape index (κ1) is 11.6. The van der Waals surface area contributed by atoms with Crippen molar-refractivity contribution in [2.45, 2.75) is 58.5 Å². The Morgan fingerprint density at radius 3 is 2.38 bits per heavy atom. The van der Waals surface area contributed by atoms with Gasteiger partial charge in [0.2, 0.25) is 5.89 Å². The van der Waals surface area contributed by atoms with E-state index in [1.54, 1.807) is 0 Å². The van der Waals surface area contributed by atoms with E-state index in [0.717, 1.165) is 18.7 Å². The maximum absolute atomic E-state index is 5.09. The highest BCUT2D eigenvalue weighted by Crippen LogP contribution is 2.40. The summed E-state index contributed by atoms with van der Waals surface area (Å²) in [7, 11) is 0. The molecule has 1 saturated carbocycles. The highest BCUT2D eigenvalue weighted by Gasteiger charge is 2.43. The molecule has 16 heavy (non-hydrogen) atoms. The van der Waals surface area contributed by atoms with Gasteiger partial charge in [-0.2, -0.15) is 4.98 Å². The summed E-state index contributed by atoms with van der Waals surface area (Å²) in [5.41, 5.74) is -0.0263. The Bertz CT molecular complexity index is 355. The summed E-state index contributed by atoms with van der Waals surface area (Å²) in [6, 6.07) is 0.471. The van der Waals surface area contributed by atoms with Crippen LogP contribution in [0.15, 0.2) is 4.52 Å². The lowest BCUT2D eigenvalue weighted by atomic mass is 9.75. The van der Waals surface area contributed by atoms with Crippen LogP contribution in [0.5, 0.6) is 0 Å². The molecule has 4 heteroatoms. The molecule has 0 aromatic carbocycles. The van der Waals surface area contributed by atoms with E-state index in [0.29, 0.717) is 17.9 Å². The van der Waals surface area contributed by atoms with Crippen molar-refractivity contribution in [1.29, 1.82) is 0 Å². The van der Waals surface area contributed by atoms with Crippen molar-refractivity contribution < 1.29 is 4.52 Å². The topological polar surface area (TPSA) is 51.0 Å². The first-order valence-electron chi connectivity index (χ1n) is 6.12. The molecule has 1 aliphatic carbocycles. The zero-order valence-electron chi connectivity index (χ0n) is 10.6. The van der Waals surface area contributed by atoms with Crippen molar-refractivity contribution in [2.24, 2.45) is 5.92 Å². The summed E-state index contributed by atoms with van der Waals surface area (Å²) < 4.78 is 5.09. The van der Waals surface area contributed by atoms with Crippen molar-refractivity contribution >= 4 is 0 Å². The summed E-state index contributed by atoms with van der Waals surface area (Å²) in [4.78, 5) is 4.38. The molecule has 1 N–H and O–H groups in total. The standard InChI is InChI=1S/C12H21N3O/c1-8(2)9(3)14-12(6-5-7-12)11-13-10(4)16-15-11/h8-9,14H,5-7H2,1-4H3. The fourth-order valence-electron chi connectivity index (χ4n) is 2.06. The molecule has 2 rings (SSSR count). The van der Waals surface area contributed by atoms with Crippen molar-refractivity contribution in [3.05, 3.63) is 11.7 Å². The predicted molar refractivity (Wildman–Crippen MR) is 62.0 cm³/mol. The molecule has 1 atom stereocenters. The van der Waals surface area contributed by atoms with E-state index >= 15 is 0 Å². The smallest absolute Gasteiger partial charge is 0.223 e. The van der Waals surface area contributed by atoms with Gasteiger partial charge in [-0.25, -0.2) is 0 Å². The van der Waals surface area contributed by atoms with Crippen LogP contribution in [0, 0.1) is 12.8 Å². The number of rotatable bonds is 4. The molecular formula is C12H21N3O. The Morgan fingerprint density at radius 2 is 2.00 bits per heavy atom. The molecule has 1 aromatic rings. The van der Waals surface area contributed by atoms with Gasteiger partial charge in [-0.1, -0.05) is 19.0 Å². The van der Waals surface area contributed by atoms with E-state index in [2.05, 4.69) is 36.2 Å². The monoisotopic (exact) mass is 223 g/mol. The second-order valence-electron chi connectivity index (χ2n) is 5.25. The third-order valence-electron chi connectivity index (χ3n) is 3.67. The van der Waals surface area contributed by atoms with Gasteiger partial charge in [0.15, 0.2) is 5.82 Å². The highest BCUT2D eigenvalue weighted by molar-refractivity contribution is 5.11. The maximum Gasteiger partial charge on any atom is 0.223 e. The van der Waals surface area contributed by atoms with E-state index < -0.39 is 0 Å². The van der Waals surface area contributed by atoms with E-state index in [1.807, 2.05) is 6.92 Å². The van der Waals surface area contributed by atoms with Gasteiger partial charge in [0, 0.05) is 13.0 Å². The molecule has 0 bridgehead atoms. The van der Waals surface area contributed by atoms with Gasteiger partial charge in [-0.15, -0.1) is 0 Å². The van der Waals surface area contributed by atoms with Crippen LogP contribution in [0.25, 0.3) is 0 Å². The molecular weight excluding hydrogens is 202 g/mol. The number of nitrogens with zero attached hydrogens (tertiary/aromatic N) is 2. The molecule has 1 aliphatic rings. The zero-order chi connectivity index (χ0) is 11.8. The van der Waals surface area contributed by atoms with Crippen molar-refractivity contribution in [2.75, 3.05) is 0 Å². The molecule has 1 aromatic heterocycles. The zero-order valence-corrected chi connectivity index (χ0v) is 10.6. The number of aromatic nitrogens is 2. The maximum atomic E-state index is 5.09. The SMILES string of the molecule is Cc1nc(C2(NC(C)C(C)C)CCC2)no1. The molecule has 0 saturated heterocycles. The van der Waals surface area contributed by atoms with Crippen LogP contribution in [-0.2, 0) is 5.54 Å². The number of nitrogens with one attached hydrogen (secondary N) is 1. The van der Waals surface area contributed by atoms with Gasteiger partial charge >= 0.3 is 0 Å². The second kappa shape index (κ2) is 4.17. The summed E-state index contributed by atoms with van der Waals surface area (Å²) >= 11 is 0. The highest BCUT2D eigenvalue weighted by atomic mass is 16.5. The first-order valence-corrected chi connectivity index (χ1v) is 6.12. The lowest BCUT2D eigenvalue weighted by Gasteiger charge is -2.42. The number of hydrogen-bond donors (Lipinski definition) is 1. The molecule has 0 spiro atoms. The Labute approximate surface area is 96.8 Å². The van der Waals surface area contributed by atoms with Crippen LogP contribution in [0.4, 0.5) is 0 Å². The molecule has 4 nitrogen and oxygen atoms in total. The Kier molecular flexibility index (Phi) is 3.02. The van der Waals surface area contributed by atoms with Crippen molar-refractivity contribution in [3.63, 3.8) is 0 Å². The van der Waals surface area contributed by atoms with E-state index in [1.165, 1.54) is 6.42 Å². The van der Waals surface area contributed by atoms with E-state index in [-0.39, 0.29) is 5.54 Å². The molecule has 1 fully saturated rings. The Balaban J connectivity index is 2.14.